The molecule has 1 aromatic carbocycles. The molecule has 1 N–H and O–H groups in total. The topological polar surface area (TPSA) is 88.4 Å². The van der Waals surface area contributed by atoms with Crippen LogP contribution in [0.2, 0.25) is 0 Å². The smallest absolute Gasteiger partial charge is 0.407 e. The van der Waals surface area contributed by atoms with E-state index in [0.29, 0.717) is 43.7 Å². The lowest BCUT2D eigenvalue weighted by Gasteiger charge is -2.27. The molecule has 1 amide bonds. The predicted molar refractivity (Wildman–Crippen MR) is 96.8 cm³/mol. The van der Waals surface area contributed by atoms with Crippen molar-refractivity contribution in [2.24, 2.45) is 5.41 Å². The van der Waals surface area contributed by atoms with Gasteiger partial charge in [-0.05, 0) is 45.7 Å². The molecule has 1 heterocycles. The molecule has 0 aromatic heterocycles. The molecule has 1 saturated heterocycles. The third kappa shape index (κ3) is 5.85. The monoisotopic (exact) mass is 358 g/mol. The second-order valence-corrected chi connectivity index (χ2v) is 7.77. The Hall–Kier alpha value is -2.39. The Morgan fingerprint density at radius 3 is 2.54 bits per heavy atom. The summed E-state index contributed by atoms with van der Waals surface area (Å²) in [4.78, 5) is 24.4. The average molecular weight is 358 g/mol. The first kappa shape index (κ1) is 19.9. The largest absolute Gasteiger partial charge is 0.444 e. The fraction of sp³-hybridized carbons (Fsp3) is 0.550. The van der Waals surface area contributed by atoms with Crippen molar-refractivity contribution in [2.45, 2.75) is 45.6 Å². The molecule has 140 valence electrons. The summed E-state index contributed by atoms with van der Waals surface area (Å²) in [6.07, 6.45) is 1.33. The van der Waals surface area contributed by atoms with Crippen LogP contribution in [0.4, 0.5) is 4.79 Å². The van der Waals surface area contributed by atoms with E-state index in [4.69, 9.17) is 14.7 Å². The van der Waals surface area contributed by atoms with Crippen molar-refractivity contribution in [3.63, 3.8) is 0 Å². The normalized spacial score (nSPS) is 19.6. The quantitative estimate of drug-likeness (QED) is 0.787. The molecule has 26 heavy (non-hydrogen) atoms. The molecule has 0 aliphatic carbocycles. The van der Waals surface area contributed by atoms with Gasteiger partial charge in [-0.2, -0.15) is 5.26 Å². The number of rotatable bonds is 6. The fourth-order valence-electron chi connectivity index (χ4n) is 2.99. The minimum Gasteiger partial charge on any atom is -0.444 e. The number of amides is 1. The number of benzene rings is 1. The van der Waals surface area contributed by atoms with E-state index in [1.54, 1.807) is 24.3 Å². The molecule has 1 aromatic rings. The first-order valence-corrected chi connectivity index (χ1v) is 8.81. The molecule has 0 radical (unpaired) electrons. The van der Waals surface area contributed by atoms with E-state index in [1.165, 1.54) is 0 Å². The van der Waals surface area contributed by atoms with Gasteiger partial charge in [0.1, 0.15) is 5.60 Å². The highest BCUT2D eigenvalue weighted by Crippen LogP contribution is 2.37. The molecule has 1 aliphatic heterocycles. The van der Waals surface area contributed by atoms with Gasteiger partial charge in [0.15, 0.2) is 5.78 Å². The van der Waals surface area contributed by atoms with Crippen molar-refractivity contribution in [3.8, 4) is 6.07 Å². The second-order valence-electron chi connectivity index (χ2n) is 7.77. The van der Waals surface area contributed by atoms with Crippen LogP contribution in [0.3, 0.4) is 0 Å². The SMILES string of the molecule is CC(C)(C)OC(=O)NCCC1(CC(=O)c2ccc(C#N)cc2)CCOC1. The maximum atomic E-state index is 12.6. The molecule has 0 spiro atoms. The first-order valence-electron chi connectivity index (χ1n) is 8.81. The van der Waals surface area contributed by atoms with E-state index in [9.17, 15) is 9.59 Å². The number of nitrogens with zero attached hydrogens (tertiary/aromatic N) is 1. The van der Waals surface area contributed by atoms with Gasteiger partial charge in [0.25, 0.3) is 0 Å². The lowest BCUT2D eigenvalue weighted by atomic mass is 9.78. The summed E-state index contributed by atoms with van der Waals surface area (Å²) in [7, 11) is 0. The number of ether oxygens (including phenoxy) is 2. The molecular weight excluding hydrogens is 332 g/mol. The van der Waals surface area contributed by atoms with Crippen LogP contribution in [0, 0.1) is 16.7 Å². The third-order valence-electron chi connectivity index (χ3n) is 4.38. The summed E-state index contributed by atoms with van der Waals surface area (Å²) in [5, 5.41) is 11.6. The number of carbonyl (C=O) groups is 2. The molecule has 1 aliphatic rings. The summed E-state index contributed by atoms with van der Waals surface area (Å²) in [6, 6.07) is 8.71. The number of ketones is 1. The summed E-state index contributed by atoms with van der Waals surface area (Å²) >= 11 is 0. The van der Waals surface area contributed by atoms with Gasteiger partial charge in [0.05, 0.1) is 18.2 Å². The Morgan fingerprint density at radius 2 is 2.00 bits per heavy atom. The van der Waals surface area contributed by atoms with E-state index < -0.39 is 11.7 Å². The van der Waals surface area contributed by atoms with Crippen molar-refractivity contribution in [1.29, 1.82) is 5.26 Å². The molecule has 2 rings (SSSR count). The van der Waals surface area contributed by atoms with Gasteiger partial charge < -0.3 is 14.8 Å². The zero-order chi connectivity index (χ0) is 19.2. The minimum absolute atomic E-state index is 0.0252. The number of hydrogen-bond donors (Lipinski definition) is 1. The van der Waals surface area contributed by atoms with E-state index in [2.05, 4.69) is 5.32 Å². The van der Waals surface area contributed by atoms with Gasteiger partial charge in [0.2, 0.25) is 0 Å². The van der Waals surface area contributed by atoms with Crippen molar-refractivity contribution in [3.05, 3.63) is 35.4 Å². The summed E-state index contributed by atoms with van der Waals surface area (Å²) in [6.45, 7) is 7.00. The zero-order valence-electron chi connectivity index (χ0n) is 15.6. The highest BCUT2D eigenvalue weighted by Gasteiger charge is 2.37. The second kappa shape index (κ2) is 8.33. The number of Topliss-reactive ketones (excluding diaryl/α,β-unsaturated/α-hetero) is 1. The lowest BCUT2D eigenvalue weighted by molar-refractivity contribution is 0.0516. The van der Waals surface area contributed by atoms with Crippen LogP contribution in [0.25, 0.3) is 0 Å². The summed E-state index contributed by atoms with van der Waals surface area (Å²) in [5.74, 6) is 0.0252. The Kier molecular flexibility index (Phi) is 6.38. The maximum absolute atomic E-state index is 12.6. The maximum Gasteiger partial charge on any atom is 0.407 e. The van der Waals surface area contributed by atoms with Crippen LogP contribution in [-0.4, -0.2) is 37.2 Å². The van der Waals surface area contributed by atoms with Crippen LogP contribution in [0.15, 0.2) is 24.3 Å². The molecule has 1 unspecified atom stereocenters. The van der Waals surface area contributed by atoms with Crippen molar-refractivity contribution >= 4 is 11.9 Å². The molecule has 1 atom stereocenters. The van der Waals surface area contributed by atoms with Gasteiger partial charge in [-0.1, -0.05) is 12.1 Å². The molecule has 0 saturated carbocycles. The molecule has 6 nitrogen and oxygen atoms in total. The number of alkyl carbamates (subject to hydrolysis) is 1. The van der Waals surface area contributed by atoms with Crippen LogP contribution in [-0.2, 0) is 9.47 Å². The number of nitrogens with one attached hydrogen (secondary N) is 1. The highest BCUT2D eigenvalue weighted by molar-refractivity contribution is 5.96. The van der Waals surface area contributed by atoms with E-state index in [-0.39, 0.29) is 11.2 Å². The summed E-state index contributed by atoms with van der Waals surface area (Å²) in [5.41, 5.74) is 0.307. The standard InChI is InChI=1S/C20H26N2O4/c1-19(2,3)26-18(24)22-10-8-20(9-11-25-14-20)12-17(23)16-6-4-15(13-21)5-7-16/h4-7H,8-12,14H2,1-3H3,(H,22,24). The average Bonchev–Trinajstić information content (AvgIpc) is 3.01. The molecular formula is C20H26N2O4. The van der Waals surface area contributed by atoms with Gasteiger partial charge in [-0.25, -0.2) is 4.79 Å². The van der Waals surface area contributed by atoms with Crippen molar-refractivity contribution < 1.29 is 19.1 Å². The molecule has 6 heteroatoms. The van der Waals surface area contributed by atoms with Gasteiger partial charge >= 0.3 is 6.09 Å². The summed E-state index contributed by atoms with van der Waals surface area (Å²) < 4.78 is 10.8. The Morgan fingerprint density at radius 1 is 1.31 bits per heavy atom. The van der Waals surface area contributed by atoms with Crippen LogP contribution in [0.1, 0.15) is 56.0 Å². The zero-order valence-corrected chi connectivity index (χ0v) is 15.6. The van der Waals surface area contributed by atoms with Crippen LogP contribution in [0.5, 0.6) is 0 Å². The molecule has 0 bridgehead atoms. The number of nitriles is 1. The first-order chi connectivity index (χ1) is 12.2. The number of carbonyl (C=O) groups excluding carboxylic acids is 2. The highest BCUT2D eigenvalue weighted by atomic mass is 16.6. The van der Waals surface area contributed by atoms with Gasteiger partial charge in [0, 0.05) is 30.6 Å². The third-order valence-corrected chi connectivity index (χ3v) is 4.38. The number of hydrogen-bond acceptors (Lipinski definition) is 5. The van der Waals surface area contributed by atoms with E-state index in [1.807, 2.05) is 26.8 Å². The van der Waals surface area contributed by atoms with Crippen molar-refractivity contribution in [2.75, 3.05) is 19.8 Å². The Labute approximate surface area is 154 Å². The lowest BCUT2D eigenvalue weighted by Crippen LogP contribution is -2.36. The predicted octanol–water partition coefficient (Wildman–Crippen LogP) is 3.45. The Balaban J connectivity index is 1.93. The van der Waals surface area contributed by atoms with E-state index in [0.717, 1.165) is 6.42 Å². The Bertz CT molecular complexity index is 677. The van der Waals surface area contributed by atoms with E-state index >= 15 is 0 Å². The minimum atomic E-state index is -0.538. The van der Waals surface area contributed by atoms with Gasteiger partial charge in [-0.15, -0.1) is 0 Å². The van der Waals surface area contributed by atoms with Crippen molar-refractivity contribution in [1.82, 2.24) is 5.32 Å². The fourth-order valence-corrected chi connectivity index (χ4v) is 2.99. The van der Waals surface area contributed by atoms with Crippen LogP contribution >= 0.6 is 0 Å². The van der Waals surface area contributed by atoms with Crippen LogP contribution < -0.4 is 5.32 Å². The van der Waals surface area contributed by atoms with Gasteiger partial charge in [-0.3, -0.25) is 4.79 Å². The molecule has 1 fully saturated rings.